The highest BCUT2D eigenvalue weighted by Gasteiger charge is 2.25. The Balaban J connectivity index is 1.19. The Hall–Kier alpha value is -3.73. The summed E-state index contributed by atoms with van der Waals surface area (Å²) >= 11 is 0. The maximum Gasteiger partial charge on any atom is 0.255 e. The standard InChI is InChI=1S/C24H29N7O4/c25-21(32)15-34-18-13-27-24(28-14-18)29-16-3-5-17(6-4-16)35-23-19-2-1-7-26-20(19)12-22(30-23)31-8-10-33-11-9-31/h1-2,7,12-14,16-17H,3-6,8-11,15H2,(H2,25,32)(H,27,28,29)/t16-,17+. The van der Waals surface area contributed by atoms with Crippen LogP contribution < -0.4 is 25.4 Å². The van der Waals surface area contributed by atoms with Crippen LogP contribution in [0.5, 0.6) is 11.6 Å². The normalized spacial score (nSPS) is 20.4. The van der Waals surface area contributed by atoms with Crippen LogP contribution in [0.25, 0.3) is 10.9 Å². The van der Waals surface area contributed by atoms with Gasteiger partial charge in [-0.15, -0.1) is 0 Å². The van der Waals surface area contributed by atoms with Gasteiger partial charge >= 0.3 is 0 Å². The second-order valence-corrected chi connectivity index (χ2v) is 8.69. The number of morpholine rings is 1. The Labute approximate surface area is 203 Å². The number of rotatable bonds is 8. The van der Waals surface area contributed by atoms with E-state index < -0.39 is 5.91 Å². The van der Waals surface area contributed by atoms with Crippen molar-refractivity contribution in [3.8, 4) is 11.6 Å². The number of pyridine rings is 2. The van der Waals surface area contributed by atoms with E-state index in [1.54, 1.807) is 6.20 Å². The van der Waals surface area contributed by atoms with E-state index in [1.807, 2.05) is 18.2 Å². The first kappa shape index (κ1) is 23.0. The number of nitrogens with two attached hydrogens (primary N) is 1. The highest BCUT2D eigenvalue weighted by atomic mass is 16.5. The Bertz CT molecular complexity index is 1150. The van der Waals surface area contributed by atoms with Gasteiger partial charge in [-0.1, -0.05) is 0 Å². The van der Waals surface area contributed by atoms with Gasteiger partial charge in [0.2, 0.25) is 11.8 Å². The number of aromatic nitrogens is 4. The number of carbonyl (C=O) groups is 1. The van der Waals surface area contributed by atoms with Gasteiger partial charge in [-0.05, 0) is 37.8 Å². The molecule has 1 aliphatic carbocycles. The molecule has 2 aliphatic rings. The lowest BCUT2D eigenvalue weighted by Gasteiger charge is -2.31. The van der Waals surface area contributed by atoms with Crippen molar-refractivity contribution in [2.45, 2.75) is 37.8 Å². The lowest BCUT2D eigenvalue weighted by Crippen LogP contribution is -2.37. The third kappa shape index (κ3) is 5.86. The van der Waals surface area contributed by atoms with E-state index >= 15 is 0 Å². The van der Waals surface area contributed by atoms with Gasteiger partial charge in [0.15, 0.2) is 12.4 Å². The van der Waals surface area contributed by atoms with Crippen LogP contribution >= 0.6 is 0 Å². The van der Waals surface area contributed by atoms with Crippen LogP contribution in [0.3, 0.4) is 0 Å². The van der Waals surface area contributed by atoms with Gasteiger partial charge in [-0.25, -0.2) is 9.97 Å². The number of ether oxygens (including phenoxy) is 3. The van der Waals surface area contributed by atoms with Gasteiger partial charge in [0.1, 0.15) is 11.9 Å². The number of hydrogen-bond acceptors (Lipinski definition) is 10. The lowest BCUT2D eigenvalue weighted by molar-refractivity contribution is -0.119. The van der Waals surface area contributed by atoms with Crippen molar-refractivity contribution < 1.29 is 19.0 Å². The van der Waals surface area contributed by atoms with Crippen LogP contribution in [0, 0.1) is 0 Å². The Morgan fingerprint density at radius 1 is 1.14 bits per heavy atom. The summed E-state index contributed by atoms with van der Waals surface area (Å²) in [5.41, 5.74) is 5.97. The van der Waals surface area contributed by atoms with Crippen LogP contribution in [0.2, 0.25) is 0 Å². The van der Waals surface area contributed by atoms with Crippen LogP contribution in [0.15, 0.2) is 36.8 Å². The number of nitrogens with one attached hydrogen (secondary N) is 1. The molecule has 1 aliphatic heterocycles. The zero-order valence-corrected chi connectivity index (χ0v) is 19.4. The number of fused-ring (bicyclic) bond motifs is 1. The van der Waals surface area contributed by atoms with Crippen molar-refractivity contribution in [2.24, 2.45) is 5.73 Å². The SMILES string of the molecule is NC(=O)COc1cnc(N[C@H]2CC[C@@H](Oc3nc(N4CCOCC4)cc4ncccc34)CC2)nc1. The molecule has 1 saturated heterocycles. The van der Waals surface area contributed by atoms with Gasteiger partial charge < -0.3 is 30.2 Å². The minimum absolute atomic E-state index is 0.0781. The van der Waals surface area contributed by atoms with Crippen LogP contribution in [-0.4, -0.2) is 70.9 Å². The third-order valence-corrected chi connectivity index (χ3v) is 6.18. The molecule has 0 spiro atoms. The first-order chi connectivity index (χ1) is 17.1. The minimum Gasteiger partial charge on any atom is -0.481 e. The summed E-state index contributed by atoms with van der Waals surface area (Å²) in [6.45, 7) is 2.81. The number of carbonyl (C=O) groups excluding carboxylic acids is 1. The topological polar surface area (TPSA) is 138 Å². The second-order valence-electron chi connectivity index (χ2n) is 8.69. The van der Waals surface area contributed by atoms with Crippen LogP contribution in [0.4, 0.5) is 11.8 Å². The molecular weight excluding hydrogens is 450 g/mol. The molecular formula is C24H29N7O4. The van der Waals surface area contributed by atoms with Crippen molar-refractivity contribution in [3.63, 3.8) is 0 Å². The van der Waals surface area contributed by atoms with Crippen molar-refractivity contribution in [1.82, 2.24) is 19.9 Å². The zero-order valence-electron chi connectivity index (χ0n) is 19.4. The average Bonchev–Trinajstić information content (AvgIpc) is 2.90. The molecule has 3 N–H and O–H groups in total. The predicted octanol–water partition coefficient (Wildman–Crippen LogP) is 1.92. The summed E-state index contributed by atoms with van der Waals surface area (Å²) < 4.78 is 17.1. The number of amides is 1. The van der Waals surface area contributed by atoms with Crippen molar-refractivity contribution in [1.29, 1.82) is 0 Å². The van der Waals surface area contributed by atoms with Gasteiger partial charge in [0.05, 0.1) is 36.5 Å². The molecule has 0 atom stereocenters. The molecule has 0 aromatic carbocycles. The largest absolute Gasteiger partial charge is 0.481 e. The number of primary amides is 1. The van der Waals surface area contributed by atoms with Crippen molar-refractivity contribution in [2.75, 3.05) is 43.1 Å². The molecule has 5 rings (SSSR count). The van der Waals surface area contributed by atoms with E-state index in [2.05, 4.69) is 25.2 Å². The molecule has 11 nitrogen and oxygen atoms in total. The van der Waals surface area contributed by atoms with E-state index in [4.69, 9.17) is 24.9 Å². The lowest BCUT2D eigenvalue weighted by atomic mass is 9.93. The van der Waals surface area contributed by atoms with E-state index in [0.717, 1.165) is 55.5 Å². The molecule has 4 heterocycles. The summed E-state index contributed by atoms with van der Waals surface area (Å²) in [7, 11) is 0. The third-order valence-electron chi connectivity index (χ3n) is 6.18. The van der Waals surface area contributed by atoms with Crippen LogP contribution in [-0.2, 0) is 9.53 Å². The maximum absolute atomic E-state index is 10.8. The van der Waals surface area contributed by atoms with E-state index in [9.17, 15) is 4.79 Å². The van der Waals surface area contributed by atoms with Gasteiger partial charge in [0, 0.05) is 31.4 Å². The summed E-state index contributed by atoms with van der Waals surface area (Å²) in [5, 5.41) is 4.30. The molecule has 1 saturated carbocycles. The van der Waals surface area contributed by atoms with E-state index in [1.165, 1.54) is 12.4 Å². The molecule has 0 unspecified atom stereocenters. The summed E-state index contributed by atoms with van der Waals surface area (Å²) in [4.78, 5) is 31.0. The fourth-order valence-corrected chi connectivity index (χ4v) is 4.36. The van der Waals surface area contributed by atoms with Gasteiger partial charge in [-0.3, -0.25) is 9.78 Å². The zero-order chi connectivity index (χ0) is 24.0. The number of hydrogen-bond donors (Lipinski definition) is 2. The van der Waals surface area contributed by atoms with Gasteiger partial charge in [0.25, 0.3) is 5.91 Å². The summed E-state index contributed by atoms with van der Waals surface area (Å²) in [6, 6.07) is 6.20. The minimum atomic E-state index is -0.543. The Morgan fingerprint density at radius 2 is 1.91 bits per heavy atom. The fourth-order valence-electron chi connectivity index (χ4n) is 4.36. The first-order valence-electron chi connectivity index (χ1n) is 11.9. The molecule has 1 amide bonds. The fraction of sp³-hybridized carbons (Fsp3) is 0.458. The monoisotopic (exact) mass is 479 g/mol. The molecule has 3 aromatic heterocycles. The van der Waals surface area contributed by atoms with Crippen LogP contribution in [0.1, 0.15) is 25.7 Å². The molecule has 11 heteroatoms. The Kier molecular flexibility index (Phi) is 7.03. The molecule has 0 bridgehead atoms. The molecule has 184 valence electrons. The maximum atomic E-state index is 10.8. The van der Waals surface area contributed by atoms with Gasteiger partial charge in [-0.2, -0.15) is 4.98 Å². The summed E-state index contributed by atoms with van der Waals surface area (Å²) in [6.07, 6.45) is 8.56. The highest BCUT2D eigenvalue weighted by molar-refractivity contribution is 5.85. The highest BCUT2D eigenvalue weighted by Crippen LogP contribution is 2.31. The number of nitrogens with zero attached hydrogens (tertiary/aromatic N) is 5. The average molecular weight is 480 g/mol. The molecule has 35 heavy (non-hydrogen) atoms. The smallest absolute Gasteiger partial charge is 0.255 e. The number of anilines is 2. The second kappa shape index (κ2) is 10.7. The predicted molar refractivity (Wildman–Crippen MR) is 130 cm³/mol. The van der Waals surface area contributed by atoms with Crippen molar-refractivity contribution >= 4 is 28.6 Å². The molecule has 0 radical (unpaired) electrons. The van der Waals surface area contributed by atoms with E-state index in [0.29, 0.717) is 30.8 Å². The first-order valence-corrected chi connectivity index (χ1v) is 11.9. The summed E-state index contributed by atoms with van der Waals surface area (Å²) in [5.74, 6) is 1.91. The molecule has 2 fully saturated rings. The van der Waals surface area contributed by atoms with Crippen molar-refractivity contribution in [3.05, 3.63) is 36.8 Å². The van der Waals surface area contributed by atoms with E-state index in [-0.39, 0.29) is 18.8 Å². The molecule has 3 aromatic rings. The Morgan fingerprint density at radius 3 is 2.66 bits per heavy atom. The quantitative estimate of drug-likeness (QED) is 0.493.